The van der Waals surface area contributed by atoms with E-state index in [1.807, 2.05) is 6.92 Å². The van der Waals surface area contributed by atoms with Gasteiger partial charge in [-0.05, 0) is 6.42 Å². The van der Waals surface area contributed by atoms with Gasteiger partial charge in [0.2, 0.25) is 5.91 Å². The highest BCUT2D eigenvalue weighted by Crippen LogP contribution is 2.20. The standard InChI is InChI=1S/C8H19NO2/c1-5-6-7(2)8(9,10-3)11-4/h7H,5-6,9H2,1-4H3. The Morgan fingerprint density at radius 3 is 2.09 bits per heavy atom. The van der Waals surface area contributed by atoms with Crippen LogP contribution in [0.5, 0.6) is 0 Å². The van der Waals surface area contributed by atoms with Crippen LogP contribution in [0.15, 0.2) is 0 Å². The van der Waals surface area contributed by atoms with Gasteiger partial charge < -0.3 is 9.47 Å². The van der Waals surface area contributed by atoms with Crippen molar-refractivity contribution in [1.82, 2.24) is 0 Å². The summed E-state index contributed by atoms with van der Waals surface area (Å²) in [7, 11) is 3.13. The molecule has 0 fully saturated rings. The summed E-state index contributed by atoms with van der Waals surface area (Å²) >= 11 is 0. The SMILES string of the molecule is CCCC(C)C(N)(OC)OC. The summed E-state index contributed by atoms with van der Waals surface area (Å²) in [5, 5.41) is 0. The van der Waals surface area contributed by atoms with Gasteiger partial charge in [-0.15, -0.1) is 0 Å². The van der Waals surface area contributed by atoms with Gasteiger partial charge in [-0.25, -0.2) is 0 Å². The zero-order valence-corrected chi connectivity index (χ0v) is 7.89. The smallest absolute Gasteiger partial charge is 0.226 e. The predicted octanol–water partition coefficient (Wildman–Crippen LogP) is 1.33. The van der Waals surface area contributed by atoms with Gasteiger partial charge in [-0.2, -0.15) is 0 Å². The summed E-state index contributed by atoms with van der Waals surface area (Å²) in [5.41, 5.74) is 5.78. The van der Waals surface area contributed by atoms with Crippen molar-refractivity contribution < 1.29 is 9.47 Å². The molecule has 0 spiro atoms. The van der Waals surface area contributed by atoms with E-state index in [9.17, 15) is 0 Å². The van der Waals surface area contributed by atoms with Crippen molar-refractivity contribution in [2.24, 2.45) is 11.7 Å². The fraction of sp³-hybridized carbons (Fsp3) is 1.00. The minimum atomic E-state index is -0.907. The van der Waals surface area contributed by atoms with Crippen LogP contribution in [-0.4, -0.2) is 20.1 Å². The number of rotatable bonds is 5. The average Bonchev–Trinajstić information content (AvgIpc) is 2.03. The van der Waals surface area contributed by atoms with Crippen LogP contribution in [0.2, 0.25) is 0 Å². The molecule has 0 aliphatic heterocycles. The molecule has 0 bridgehead atoms. The molecule has 0 saturated heterocycles. The van der Waals surface area contributed by atoms with Crippen LogP contribution in [0.4, 0.5) is 0 Å². The van der Waals surface area contributed by atoms with Crippen molar-refractivity contribution in [1.29, 1.82) is 0 Å². The molecule has 0 rings (SSSR count). The summed E-state index contributed by atoms with van der Waals surface area (Å²) in [4.78, 5) is 0. The highest BCUT2D eigenvalue weighted by atomic mass is 16.7. The van der Waals surface area contributed by atoms with Crippen LogP contribution in [0.25, 0.3) is 0 Å². The molecular formula is C8H19NO2. The lowest BCUT2D eigenvalue weighted by molar-refractivity contribution is -0.233. The third-order valence-corrected chi connectivity index (χ3v) is 2.05. The molecule has 3 heteroatoms. The van der Waals surface area contributed by atoms with E-state index in [1.165, 1.54) is 0 Å². The summed E-state index contributed by atoms with van der Waals surface area (Å²) in [6, 6.07) is 0. The fourth-order valence-corrected chi connectivity index (χ4v) is 1.12. The Balaban J connectivity index is 4.00. The van der Waals surface area contributed by atoms with Crippen molar-refractivity contribution in [3.63, 3.8) is 0 Å². The largest absolute Gasteiger partial charge is 0.341 e. The zero-order valence-electron chi connectivity index (χ0n) is 7.89. The Morgan fingerprint density at radius 1 is 1.36 bits per heavy atom. The van der Waals surface area contributed by atoms with E-state index in [2.05, 4.69) is 6.92 Å². The molecule has 11 heavy (non-hydrogen) atoms. The Morgan fingerprint density at radius 2 is 1.82 bits per heavy atom. The number of methoxy groups -OCH3 is 2. The highest BCUT2D eigenvalue weighted by Gasteiger charge is 2.30. The normalized spacial score (nSPS) is 15.0. The lowest BCUT2D eigenvalue weighted by Crippen LogP contribution is -2.49. The average molecular weight is 161 g/mol. The van der Waals surface area contributed by atoms with Crippen molar-refractivity contribution in [2.75, 3.05) is 14.2 Å². The number of nitrogens with two attached hydrogens (primary N) is 1. The van der Waals surface area contributed by atoms with Crippen LogP contribution in [0, 0.1) is 5.92 Å². The van der Waals surface area contributed by atoms with Crippen molar-refractivity contribution >= 4 is 0 Å². The van der Waals surface area contributed by atoms with Crippen molar-refractivity contribution in [3.8, 4) is 0 Å². The third-order valence-electron chi connectivity index (χ3n) is 2.05. The Bertz CT molecular complexity index is 102. The van der Waals surface area contributed by atoms with Gasteiger partial charge in [0.1, 0.15) is 0 Å². The molecule has 0 amide bonds. The van der Waals surface area contributed by atoms with E-state index in [-0.39, 0.29) is 5.92 Å². The van der Waals surface area contributed by atoms with E-state index in [0.717, 1.165) is 12.8 Å². The summed E-state index contributed by atoms with van der Waals surface area (Å²) in [6.45, 7) is 4.14. The Labute approximate surface area is 68.9 Å². The maximum absolute atomic E-state index is 5.78. The minimum Gasteiger partial charge on any atom is -0.341 e. The Kier molecular flexibility index (Phi) is 4.65. The molecule has 0 heterocycles. The molecule has 0 aromatic heterocycles. The molecule has 0 aliphatic rings. The van der Waals surface area contributed by atoms with E-state index in [1.54, 1.807) is 14.2 Å². The van der Waals surface area contributed by atoms with E-state index < -0.39 is 5.91 Å². The second-order valence-electron chi connectivity index (χ2n) is 2.82. The van der Waals surface area contributed by atoms with E-state index in [0.29, 0.717) is 0 Å². The lowest BCUT2D eigenvalue weighted by atomic mass is 10.0. The molecule has 1 atom stereocenters. The minimum absolute atomic E-state index is 0.225. The Hall–Kier alpha value is -0.120. The van der Waals surface area contributed by atoms with Gasteiger partial charge in [0, 0.05) is 20.1 Å². The molecule has 0 saturated carbocycles. The summed E-state index contributed by atoms with van der Waals surface area (Å²) in [6.07, 6.45) is 2.10. The summed E-state index contributed by atoms with van der Waals surface area (Å²) in [5.74, 6) is -0.682. The van der Waals surface area contributed by atoms with E-state index in [4.69, 9.17) is 15.2 Å². The van der Waals surface area contributed by atoms with Crippen molar-refractivity contribution in [3.05, 3.63) is 0 Å². The van der Waals surface area contributed by atoms with Crippen LogP contribution in [0.3, 0.4) is 0 Å². The molecule has 3 nitrogen and oxygen atoms in total. The van der Waals surface area contributed by atoms with E-state index >= 15 is 0 Å². The molecular weight excluding hydrogens is 142 g/mol. The highest BCUT2D eigenvalue weighted by molar-refractivity contribution is 4.68. The molecule has 0 radical (unpaired) electrons. The van der Waals surface area contributed by atoms with Crippen LogP contribution in [0.1, 0.15) is 26.7 Å². The lowest BCUT2D eigenvalue weighted by Gasteiger charge is -2.31. The first-order valence-electron chi connectivity index (χ1n) is 3.99. The van der Waals surface area contributed by atoms with Crippen LogP contribution < -0.4 is 5.73 Å². The van der Waals surface area contributed by atoms with Gasteiger partial charge in [0.05, 0.1) is 0 Å². The first-order chi connectivity index (χ1) is 5.10. The number of hydrogen-bond acceptors (Lipinski definition) is 3. The van der Waals surface area contributed by atoms with Gasteiger partial charge in [0.25, 0.3) is 0 Å². The van der Waals surface area contributed by atoms with Crippen molar-refractivity contribution in [2.45, 2.75) is 32.6 Å². The number of hydrogen-bond donors (Lipinski definition) is 1. The molecule has 2 N–H and O–H groups in total. The predicted molar refractivity (Wildman–Crippen MR) is 45.0 cm³/mol. The quantitative estimate of drug-likeness (QED) is 0.619. The molecule has 0 aliphatic carbocycles. The summed E-state index contributed by atoms with van der Waals surface area (Å²) < 4.78 is 10.1. The molecule has 0 aromatic rings. The first-order valence-corrected chi connectivity index (χ1v) is 3.99. The first kappa shape index (κ1) is 10.9. The maximum atomic E-state index is 5.78. The third kappa shape index (κ3) is 2.77. The molecule has 68 valence electrons. The fourth-order valence-electron chi connectivity index (χ4n) is 1.12. The topological polar surface area (TPSA) is 44.5 Å². The maximum Gasteiger partial charge on any atom is 0.226 e. The van der Waals surface area contributed by atoms with Gasteiger partial charge >= 0.3 is 0 Å². The van der Waals surface area contributed by atoms with Crippen LogP contribution in [-0.2, 0) is 9.47 Å². The van der Waals surface area contributed by atoms with Gasteiger partial charge in [-0.1, -0.05) is 20.3 Å². The monoisotopic (exact) mass is 161 g/mol. The zero-order chi connectivity index (χ0) is 8.91. The van der Waals surface area contributed by atoms with Crippen LogP contribution >= 0.6 is 0 Å². The second kappa shape index (κ2) is 4.70. The molecule has 0 aromatic carbocycles. The van der Waals surface area contributed by atoms with Gasteiger partial charge in [-0.3, -0.25) is 5.73 Å². The van der Waals surface area contributed by atoms with Gasteiger partial charge in [0.15, 0.2) is 0 Å². The molecule has 1 unspecified atom stereocenters. The second-order valence-corrected chi connectivity index (χ2v) is 2.82. The number of ether oxygens (including phenoxy) is 2.